The predicted molar refractivity (Wildman–Crippen MR) is 105 cm³/mol. The Balaban J connectivity index is 5.50. The van der Waals surface area contributed by atoms with E-state index in [1.165, 1.54) is 17.7 Å². The number of hydrogen-bond donors (Lipinski definition) is 0. The minimum Gasteiger partial charge on any atom is -0.461 e. The van der Waals surface area contributed by atoms with Crippen molar-refractivity contribution < 1.29 is 19.1 Å². The van der Waals surface area contributed by atoms with Crippen LogP contribution in [-0.4, -0.2) is 25.2 Å². The second-order valence-electron chi connectivity index (χ2n) is 6.31. The fourth-order valence-corrected chi connectivity index (χ4v) is 2.23. The zero-order valence-electron chi connectivity index (χ0n) is 16.2. The molecule has 0 saturated heterocycles. The molecule has 0 saturated carbocycles. The van der Waals surface area contributed by atoms with Crippen LogP contribution in [-0.2, 0) is 19.1 Å². The molecule has 0 aliphatic heterocycles. The van der Waals surface area contributed by atoms with Crippen molar-refractivity contribution in [3.8, 4) is 12.3 Å². The predicted octanol–water partition coefficient (Wildman–Crippen LogP) is 4.54. The van der Waals surface area contributed by atoms with Gasteiger partial charge >= 0.3 is 11.9 Å². The van der Waals surface area contributed by atoms with Crippen LogP contribution in [0.5, 0.6) is 0 Å². The average Bonchev–Trinajstić information content (AvgIpc) is 2.60. The zero-order valence-corrected chi connectivity index (χ0v) is 16.2. The summed E-state index contributed by atoms with van der Waals surface area (Å²) in [5.74, 6) is 1.02. The molecule has 0 amide bonds. The summed E-state index contributed by atoms with van der Waals surface area (Å²) in [6.45, 7) is 13.1. The number of carbonyl (C=O) groups excluding carboxylic acids is 2. The van der Waals surface area contributed by atoms with Gasteiger partial charge in [0.2, 0.25) is 0 Å². The highest BCUT2D eigenvalue weighted by Crippen LogP contribution is 2.32. The van der Waals surface area contributed by atoms with E-state index in [4.69, 9.17) is 15.9 Å². The standard InChI is InChI=1S/C22H30O4/c1-7-14-22(20(23)25-16-8-2,21(24)26-17-9-3)15-13-19(6)12-10-11-18(4)5/h1,8-9,11,13H,2-3,10,12,14-17H2,4-6H3/b19-13-. The first-order valence-corrected chi connectivity index (χ1v) is 8.62. The Morgan fingerprint density at radius 1 is 1.04 bits per heavy atom. The van der Waals surface area contributed by atoms with Gasteiger partial charge in [0.25, 0.3) is 0 Å². The van der Waals surface area contributed by atoms with Gasteiger partial charge in [0.15, 0.2) is 5.41 Å². The molecular weight excluding hydrogens is 328 g/mol. The normalized spacial score (nSPS) is 11.1. The van der Waals surface area contributed by atoms with E-state index >= 15 is 0 Å². The Labute approximate surface area is 157 Å². The van der Waals surface area contributed by atoms with Gasteiger partial charge in [-0.2, -0.15) is 0 Å². The molecule has 0 unspecified atom stereocenters. The Hall–Kier alpha value is -2.54. The molecule has 4 nitrogen and oxygen atoms in total. The van der Waals surface area contributed by atoms with Crippen molar-refractivity contribution in [1.82, 2.24) is 0 Å². The van der Waals surface area contributed by atoms with Crippen molar-refractivity contribution in [1.29, 1.82) is 0 Å². The highest BCUT2D eigenvalue weighted by Gasteiger charge is 2.47. The Kier molecular flexibility index (Phi) is 11.5. The fraction of sp³-hybridized carbons (Fsp3) is 0.455. The summed E-state index contributed by atoms with van der Waals surface area (Å²) in [4.78, 5) is 25.2. The van der Waals surface area contributed by atoms with Crippen LogP contribution in [0.3, 0.4) is 0 Å². The molecule has 0 radical (unpaired) electrons. The number of allylic oxidation sites excluding steroid dienone is 4. The first kappa shape index (κ1) is 23.5. The highest BCUT2D eigenvalue weighted by molar-refractivity contribution is 6.00. The topological polar surface area (TPSA) is 52.6 Å². The quantitative estimate of drug-likeness (QED) is 0.222. The van der Waals surface area contributed by atoms with Crippen LogP contribution in [0.25, 0.3) is 0 Å². The molecule has 0 aliphatic rings. The van der Waals surface area contributed by atoms with Crippen LogP contribution in [0.15, 0.2) is 48.6 Å². The Morgan fingerprint density at radius 3 is 2.00 bits per heavy atom. The molecule has 0 aromatic carbocycles. The van der Waals surface area contributed by atoms with Gasteiger partial charge < -0.3 is 9.47 Å². The van der Waals surface area contributed by atoms with Crippen molar-refractivity contribution in [2.75, 3.05) is 13.2 Å². The molecule has 142 valence electrons. The van der Waals surface area contributed by atoms with Crippen molar-refractivity contribution in [2.45, 2.75) is 46.5 Å². The summed E-state index contributed by atoms with van der Waals surface area (Å²) >= 11 is 0. The zero-order chi connectivity index (χ0) is 20.0. The molecule has 0 fully saturated rings. The van der Waals surface area contributed by atoms with Gasteiger partial charge in [0, 0.05) is 6.42 Å². The third-order valence-electron chi connectivity index (χ3n) is 3.74. The molecule has 0 bridgehead atoms. The molecule has 0 atom stereocenters. The van der Waals surface area contributed by atoms with Gasteiger partial charge in [-0.15, -0.1) is 12.3 Å². The van der Waals surface area contributed by atoms with E-state index < -0.39 is 17.4 Å². The Morgan fingerprint density at radius 2 is 1.58 bits per heavy atom. The molecule has 0 aliphatic carbocycles. The molecule has 4 heteroatoms. The van der Waals surface area contributed by atoms with Crippen LogP contribution in [0.2, 0.25) is 0 Å². The van der Waals surface area contributed by atoms with Gasteiger partial charge in [-0.1, -0.05) is 48.6 Å². The highest BCUT2D eigenvalue weighted by atomic mass is 16.6. The number of carbonyl (C=O) groups is 2. The Bertz CT molecular complexity index is 574. The monoisotopic (exact) mass is 358 g/mol. The third kappa shape index (κ3) is 8.02. The summed E-state index contributed by atoms with van der Waals surface area (Å²) in [7, 11) is 0. The number of esters is 2. The summed E-state index contributed by atoms with van der Waals surface area (Å²) in [5.41, 5.74) is 0.760. The van der Waals surface area contributed by atoms with Crippen LogP contribution in [0, 0.1) is 17.8 Å². The van der Waals surface area contributed by atoms with Gasteiger partial charge in [-0.05, 0) is 40.0 Å². The summed E-state index contributed by atoms with van der Waals surface area (Å²) < 4.78 is 10.3. The summed E-state index contributed by atoms with van der Waals surface area (Å²) in [5, 5.41) is 0. The SMILES string of the molecule is C#CCC(C/C=C(/C)CCC=C(C)C)(C(=O)OCC=C)C(=O)OCC=C. The van der Waals surface area contributed by atoms with Crippen LogP contribution in [0.1, 0.15) is 46.5 Å². The number of hydrogen-bond acceptors (Lipinski definition) is 4. The van der Waals surface area contributed by atoms with Crippen LogP contribution >= 0.6 is 0 Å². The smallest absolute Gasteiger partial charge is 0.325 e. The first-order valence-electron chi connectivity index (χ1n) is 8.62. The summed E-state index contributed by atoms with van der Waals surface area (Å²) in [6, 6.07) is 0. The second kappa shape index (κ2) is 12.8. The lowest BCUT2D eigenvalue weighted by molar-refractivity contribution is -0.170. The lowest BCUT2D eigenvalue weighted by atomic mass is 9.80. The maximum atomic E-state index is 12.6. The van der Waals surface area contributed by atoms with Crippen LogP contribution in [0.4, 0.5) is 0 Å². The molecule has 0 aromatic heterocycles. The van der Waals surface area contributed by atoms with Crippen molar-refractivity contribution >= 4 is 11.9 Å². The lowest BCUT2D eigenvalue weighted by Gasteiger charge is -2.26. The molecular formula is C22H30O4. The van der Waals surface area contributed by atoms with Gasteiger partial charge in [0.1, 0.15) is 13.2 Å². The van der Waals surface area contributed by atoms with E-state index in [0.29, 0.717) is 0 Å². The van der Waals surface area contributed by atoms with Gasteiger partial charge in [-0.3, -0.25) is 9.59 Å². The lowest BCUT2D eigenvalue weighted by Crippen LogP contribution is -2.41. The molecule has 0 spiro atoms. The molecule has 0 rings (SSSR count). The van der Waals surface area contributed by atoms with Crippen molar-refractivity contribution in [3.63, 3.8) is 0 Å². The number of rotatable bonds is 12. The minimum atomic E-state index is -1.56. The molecule has 26 heavy (non-hydrogen) atoms. The van der Waals surface area contributed by atoms with E-state index in [-0.39, 0.29) is 26.1 Å². The van der Waals surface area contributed by atoms with Gasteiger partial charge in [0.05, 0.1) is 0 Å². The van der Waals surface area contributed by atoms with E-state index in [2.05, 4.69) is 25.2 Å². The molecule has 0 aromatic rings. The summed E-state index contributed by atoms with van der Waals surface area (Å²) in [6.07, 6.45) is 14.1. The van der Waals surface area contributed by atoms with E-state index in [1.807, 2.05) is 26.8 Å². The fourth-order valence-electron chi connectivity index (χ4n) is 2.23. The van der Waals surface area contributed by atoms with Crippen molar-refractivity contribution in [2.24, 2.45) is 5.41 Å². The maximum Gasteiger partial charge on any atom is 0.325 e. The average molecular weight is 358 g/mol. The largest absolute Gasteiger partial charge is 0.461 e. The maximum absolute atomic E-state index is 12.6. The number of ether oxygens (including phenoxy) is 2. The molecule has 0 heterocycles. The van der Waals surface area contributed by atoms with Crippen molar-refractivity contribution in [3.05, 3.63) is 48.6 Å². The molecule has 0 N–H and O–H groups in total. The first-order chi connectivity index (χ1) is 12.3. The minimum absolute atomic E-state index is 0.00314. The number of terminal acetylenes is 1. The van der Waals surface area contributed by atoms with E-state index in [9.17, 15) is 9.59 Å². The van der Waals surface area contributed by atoms with E-state index in [1.54, 1.807) is 0 Å². The third-order valence-corrected chi connectivity index (χ3v) is 3.74. The van der Waals surface area contributed by atoms with Crippen LogP contribution < -0.4 is 0 Å². The second-order valence-corrected chi connectivity index (χ2v) is 6.31. The van der Waals surface area contributed by atoms with E-state index in [0.717, 1.165) is 18.4 Å². The van der Waals surface area contributed by atoms with Gasteiger partial charge in [-0.25, -0.2) is 0 Å².